The molecule has 2 amide bonds. The van der Waals surface area contributed by atoms with Crippen LogP contribution in [-0.2, 0) is 4.79 Å². The van der Waals surface area contributed by atoms with Crippen molar-refractivity contribution in [3.05, 3.63) is 34.9 Å². The van der Waals surface area contributed by atoms with Crippen LogP contribution in [0.5, 0.6) is 0 Å². The molecule has 1 aliphatic rings. The number of halogens is 4. The normalized spacial score (nSPS) is 22.3. The van der Waals surface area contributed by atoms with Crippen molar-refractivity contribution in [2.24, 2.45) is 11.8 Å². The molecule has 0 aromatic heterocycles. The lowest BCUT2D eigenvalue weighted by molar-refractivity contribution is -0.187. The van der Waals surface area contributed by atoms with Crippen molar-refractivity contribution in [3.63, 3.8) is 0 Å². The van der Waals surface area contributed by atoms with Gasteiger partial charge in [0, 0.05) is 18.1 Å². The van der Waals surface area contributed by atoms with Crippen LogP contribution in [0.1, 0.15) is 18.5 Å². The van der Waals surface area contributed by atoms with E-state index in [1.165, 1.54) is 0 Å². The monoisotopic (exact) mass is 364 g/mol. The zero-order chi connectivity index (χ0) is 18.1. The quantitative estimate of drug-likeness (QED) is 0.864. The third kappa shape index (κ3) is 3.92. The van der Waals surface area contributed by atoms with Gasteiger partial charge < -0.3 is 15.3 Å². The van der Waals surface area contributed by atoms with Gasteiger partial charge in [-0.05, 0) is 18.6 Å². The number of amides is 2. The molecule has 3 atom stereocenters. The molecule has 0 spiro atoms. The molecule has 1 saturated heterocycles. The largest absolute Gasteiger partial charge is 0.481 e. The number of carbonyl (C=O) groups excluding carboxylic acids is 1. The van der Waals surface area contributed by atoms with Gasteiger partial charge in [0.15, 0.2) is 0 Å². The van der Waals surface area contributed by atoms with E-state index in [9.17, 15) is 22.8 Å². The van der Waals surface area contributed by atoms with Crippen molar-refractivity contribution in [1.82, 2.24) is 10.2 Å². The van der Waals surface area contributed by atoms with Gasteiger partial charge in [0.2, 0.25) is 0 Å². The Morgan fingerprint density at radius 3 is 2.46 bits per heavy atom. The molecule has 1 heterocycles. The van der Waals surface area contributed by atoms with Gasteiger partial charge in [0.05, 0.1) is 17.9 Å². The second kappa shape index (κ2) is 6.88. The first-order valence-corrected chi connectivity index (χ1v) is 7.58. The van der Waals surface area contributed by atoms with E-state index in [0.717, 1.165) is 4.90 Å². The fraction of sp³-hybridized carbons (Fsp3) is 0.467. The summed E-state index contributed by atoms with van der Waals surface area (Å²) >= 11 is 6.02. The Labute approximate surface area is 141 Å². The van der Waals surface area contributed by atoms with Crippen molar-refractivity contribution in [2.75, 3.05) is 13.1 Å². The summed E-state index contributed by atoms with van der Waals surface area (Å²) in [5, 5.41) is 11.9. The number of urea groups is 1. The van der Waals surface area contributed by atoms with Crippen LogP contribution < -0.4 is 5.32 Å². The van der Waals surface area contributed by atoms with Gasteiger partial charge in [0.1, 0.15) is 0 Å². The number of likely N-dealkylation sites (tertiary alicyclic amines) is 1. The SMILES string of the molecule is CC(NC(=O)N1C[C@@H](C(F)(F)F)[C@H](C(=O)O)C1)c1ccccc1Cl. The van der Waals surface area contributed by atoms with E-state index in [1.807, 2.05) is 0 Å². The summed E-state index contributed by atoms with van der Waals surface area (Å²) in [5.74, 6) is -5.30. The molecule has 132 valence electrons. The lowest BCUT2D eigenvalue weighted by atomic mass is 9.96. The summed E-state index contributed by atoms with van der Waals surface area (Å²) in [6, 6.07) is 5.48. The molecular formula is C15H16ClF3N2O3. The van der Waals surface area contributed by atoms with Gasteiger partial charge in [0.25, 0.3) is 0 Å². The van der Waals surface area contributed by atoms with E-state index in [2.05, 4.69) is 5.32 Å². The smallest absolute Gasteiger partial charge is 0.394 e. The number of alkyl halides is 3. The van der Waals surface area contributed by atoms with E-state index >= 15 is 0 Å². The van der Waals surface area contributed by atoms with Gasteiger partial charge in [-0.25, -0.2) is 4.79 Å². The molecule has 2 N–H and O–H groups in total. The molecule has 1 unspecified atom stereocenters. The Hall–Kier alpha value is -1.96. The van der Waals surface area contributed by atoms with E-state index < -0.39 is 49.1 Å². The zero-order valence-electron chi connectivity index (χ0n) is 12.7. The minimum Gasteiger partial charge on any atom is -0.481 e. The van der Waals surface area contributed by atoms with Gasteiger partial charge in [-0.1, -0.05) is 29.8 Å². The predicted molar refractivity (Wildman–Crippen MR) is 80.6 cm³/mol. The van der Waals surface area contributed by atoms with Crippen molar-refractivity contribution < 1.29 is 27.9 Å². The first-order chi connectivity index (χ1) is 11.1. The highest BCUT2D eigenvalue weighted by molar-refractivity contribution is 6.31. The maximum atomic E-state index is 12.9. The van der Waals surface area contributed by atoms with Crippen LogP contribution in [0.2, 0.25) is 5.02 Å². The molecule has 1 aliphatic heterocycles. The fourth-order valence-corrected chi connectivity index (χ4v) is 3.03. The predicted octanol–water partition coefficient (Wildman–Crippen LogP) is 3.31. The Bertz CT molecular complexity index is 639. The summed E-state index contributed by atoms with van der Waals surface area (Å²) < 4.78 is 38.8. The molecule has 1 fully saturated rings. The van der Waals surface area contributed by atoms with Crippen LogP contribution in [0.3, 0.4) is 0 Å². The van der Waals surface area contributed by atoms with Crippen molar-refractivity contribution in [1.29, 1.82) is 0 Å². The first kappa shape index (κ1) is 18.4. The van der Waals surface area contributed by atoms with E-state index in [1.54, 1.807) is 31.2 Å². The number of carboxylic acid groups (broad SMARTS) is 1. The number of hydrogen-bond donors (Lipinski definition) is 2. The van der Waals surface area contributed by atoms with Gasteiger partial charge in [-0.15, -0.1) is 0 Å². The lowest BCUT2D eigenvalue weighted by Gasteiger charge is -2.22. The van der Waals surface area contributed by atoms with Crippen LogP contribution >= 0.6 is 11.6 Å². The van der Waals surface area contributed by atoms with Gasteiger partial charge >= 0.3 is 18.2 Å². The second-order valence-corrected chi connectivity index (χ2v) is 6.10. The van der Waals surface area contributed by atoms with Crippen LogP contribution in [0.25, 0.3) is 0 Å². The second-order valence-electron chi connectivity index (χ2n) is 5.69. The maximum absolute atomic E-state index is 12.9. The van der Waals surface area contributed by atoms with Crippen molar-refractivity contribution >= 4 is 23.6 Å². The maximum Gasteiger partial charge on any atom is 0.394 e. The molecular weight excluding hydrogens is 349 g/mol. The molecule has 2 rings (SSSR count). The Kier molecular flexibility index (Phi) is 5.27. The van der Waals surface area contributed by atoms with E-state index in [-0.39, 0.29) is 0 Å². The van der Waals surface area contributed by atoms with Crippen LogP contribution in [-0.4, -0.2) is 41.3 Å². The zero-order valence-corrected chi connectivity index (χ0v) is 13.4. The molecule has 5 nitrogen and oxygen atoms in total. The number of carboxylic acids is 1. The minimum absolute atomic E-state index is 0.420. The molecule has 0 aliphatic carbocycles. The summed E-state index contributed by atoms with van der Waals surface area (Å²) in [5.41, 5.74) is 0.619. The topological polar surface area (TPSA) is 69.6 Å². The highest BCUT2D eigenvalue weighted by atomic mass is 35.5. The van der Waals surface area contributed by atoms with Crippen LogP contribution in [0, 0.1) is 11.8 Å². The number of carbonyl (C=O) groups is 2. The summed E-state index contributed by atoms with van der Waals surface area (Å²) in [6.45, 7) is 0.479. The molecule has 0 radical (unpaired) electrons. The van der Waals surface area contributed by atoms with Crippen LogP contribution in [0.15, 0.2) is 24.3 Å². The van der Waals surface area contributed by atoms with E-state index in [0.29, 0.717) is 10.6 Å². The number of nitrogens with zero attached hydrogens (tertiary/aromatic N) is 1. The number of rotatable bonds is 3. The molecule has 0 saturated carbocycles. The highest BCUT2D eigenvalue weighted by Crippen LogP contribution is 2.37. The first-order valence-electron chi connectivity index (χ1n) is 7.20. The van der Waals surface area contributed by atoms with Gasteiger partial charge in [-0.2, -0.15) is 13.2 Å². The summed E-state index contributed by atoms with van der Waals surface area (Å²) in [4.78, 5) is 24.1. The average Bonchev–Trinajstić information content (AvgIpc) is 2.93. The Morgan fingerprint density at radius 1 is 1.33 bits per heavy atom. The molecule has 1 aromatic rings. The number of hydrogen-bond acceptors (Lipinski definition) is 2. The van der Waals surface area contributed by atoms with Crippen molar-refractivity contribution in [2.45, 2.75) is 19.1 Å². The summed E-state index contributed by atoms with van der Waals surface area (Å²) in [7, 11) is 0. The van der Waals surface area contributed by atoms with E-state index in [4.69, 9.17) is 16.7 Å². The Morgan fingerprint density at radius 2 is 1.96 bits per heavy atom. The fourth-order valence-electron chi connectivity index (χ4n) is 2.73. The van der Waals surface area contributed by atoms with Crippen molar-refractivity contribution in [3.8, 4) is 0 Å². The number of benzene rings is 1. The lowest BCUT2D eigenvalue weighted by Crippen LogP contribution is -2.40. The summed E-state index contributed by atoms with van der Waals surface area (Å²) in [6.07, 6.45) is -4.67. The highest BCUT2D eigenvalue weighted by Gasteiger charge is 2.53. The average molecular weight is 365 g/mol. The van der Waals surface area contributed by atoms with Crippen LogP contribution in [0.4, 0.5) is 18.0 Å². The number of aliphatic carboxylic acids is 1. The minimum atomic E-state index is -4.67. The third-order valence-corrected chi connectivity index (χ3v) is 4.40. The standard InChI is InChI=1S/C15H16ClF3N2O3/c1-8(9-4-2-3-5-12(9)16)20-14(24)21-6-10(13(22)23)11(7-21)15(17,18)19/h2-5,8,10-11H,6-7H2,1H3,(H,20,24)(H,22,23)/t8?,10-,11-/m1/s1. The van der Waals surface area contributed by atoms with Gasteiger partial charge in [-0.3, -0.25) is 4.79 Å². The molecule has 1 aromatic carbocycles. The number of nitrogens with one attached hydrogen (secondary N) is 1. The third-order valence-electron chi connectivity index (χ3n) is 4.06. The molecule has 9 heteroatoms. The molecule has 24 heavy (non-hydrogen) atoms. The Balaban J connectivity index is 2.08. The molecule has 0 bridgehead atoms.